The summed E-state index contributed by atoms with van der Waals surface area (Å²) >= 11 is 0. The Bertz CT molecular complexity index is 784. The Kier molecular flexibility index (Phi) is 8.57. The second-order valence-corrected chi connectivity index (χ2v) is 6.74. The molecule has 0 aliphatic carbocycles. The van der Waals surface area contributed by atoms with E-state index in [1.165, 1.54) is 5.56 Å². The Morgan fingerprint density at radius 3 is 2.67 bits per heavy atom. The van der Waals surface area contributed by atoms with Crippen molar-refractivity contribution in [3.8, 4) is 5.69 Å². The van der Waals surface area contributed by atoms with E-state index in [-0.39, 0.29) is 43.3 Å². The molecule has 0 bridgehead atoms. The molecule has 1 saturated heterocycles. The SMILES string of the molecule is Cl.Cl.Cl.N[C@H]1CCN(C(Cc2ncn3c2CCc2ccccc2-3)C(=O)O)C1. The molecule has 0 saturated carbocycles. The fourth-order valence-electron chi connectivity index (χ4n) is 3.92. The lowest BCUT2D eigenvalue weighted by Gasteiger charge is -2.24. The van der Waals surface area contributed by atoms with E-state index in [2.05, 4.69) is 27.8 Å². The third kappa shape index (κ3) is 4.58. The Morgan fingerprint density at radius 2 is 2.00 bits per heavy atom. The highest BCUT2D eigenvalue weighted by Gasteiger charge is 2.33. The number of carboxylic acids is 1. The highest BCUT2D eigenvalue weighted by atomic mass is 35.5. The summed E-state index contributed by atoms with van der Waals surface area (Å²) in [6, 6.07) is 7.85. The van der Waals surface area contributed by atoms with E-state index in [1.807, 2.05) is 17.3 Å². The Morgan fingerprint density at radius 1 is 1.26 bits per heavy atom. The van der Waals surface area contributed by atoms with Gasteiger partial charge in [0.2, 0.25) is 0 Å². The number of aliphatic carboxylic acids is 1. The van der Waals surface area contributed by atoms with Crippen LogP contribution in [0.3, 0.4) is 0 Å². The number of rotatable bonds is 4. The Hall–Kier alpha value is -1.31. The minimum atomic E-state index is -0.790. The van der Waals surface area contributed by atoms with E-state index in [9.17, 15) is 9.90 Å². The minimum absolute atomic E-state index is 0. The van der Waals surface area contributed by atoms with Crippen LogP contribution in [-0.4, -0.2) is 50.7 Å². The molecule has 1 aromatic heterocycles. The van der Waals surface area contributed by atoms with Crippen molar-refractivity contribution in [2.75, 3.05) is 13.1 Å². The van der Waals surface area contributed by atoms with E-state index in [4.69, 9.17) is 5.73 Å². The topological polar surface area (TPSA) is 84.4 Å². The van der Waals surface area contributed by atoms with Gasteiger partial charge >= 0.3 is 5.97 Å². The van der Waals surface area contributed by atoms with Gasteiger partial charge in [-0.2, -0.15) is 0 Å². The van der Waals surface area contributed by atoms with Crippen LogP contribution in [0.4, 0.5) is 0 Å². The highest BCUT2D eigenvalue weighted by molar-refractivity contribution is 5.86. The number of benzene rings is 1. The van der Waals surface area contributed by atoms with Crippen LogP contribution in [-0.2, 0) is 24.1 Å². The molecule has 2 aromatic rings. The second-order valence-electron chi connectivity index (χ2n) is 6.74. The third-order valence-electron chi connectivity index (χ3n) is 5.20. The minimum Gasteiger partial charge on any atom is -0.480 e. The second kappa shape index (κ2) is 9.75. The fraction of sp³-hybridized carbons (Fsp3) is 0.444. The van der Waals surface area contributed by atoms with Gasteiger partial charge < -0.3 is 15.4 Å². The van der Waals surface area contributed by atoms with Gasteiger partial charge in [-0.05, 0) is 30.9 Å². The van der Waals surface area contributed by atoms with E-state index in [1.54, 1.807) is 0 Å². The van der Waals surface area contributed by atoms with Crippen molar-refractivity contribution in [3.05, 3.63) is 47.5 Å². The molecule has 2 aliphatic heterocycles. The predicted molar refractivity (Wildman–Crippen MR) is 112 cm³/mol. The molecule has 1 fully saturated rings. The number of carboxylic acid groups (broad SMARTS) is 1. The number of aryl methyl sites for hydroxylation is 1. The first kappa shape index (κ1) is 23.7. The molecule has 0 amide bonds. The highest BCUT2D eigenvalue weighted by Crippen LogP contribution is 2.27. The standard InChI is InChI=1S/C18H22N4O2.3ClH/c19-13-7-8-21(10-13)17(18(23)24)9-14-16-6-5-12-3-1-2-4-15(12)22(16)11-20-14;;;/h1-4,11,13,17H,5-10,19H2,(H,23,24);3*1H/t13-,17?;;;/m0.../s1. The van der Waals surface area contributed by atoms with Gasteiger partial charge in [0.1, 0.15) is 6.04 Å². The van der Waals surface area contributed by atoms with Gasteiger partial charge in [0.05, 0.1) is 12.0 Å². The molecule has 9 heteroatoms. The first-order valence-electron chi connectivity index (χ1n) is 8.49. The number of imidazole rings is 1. The molecule has 1 unspecified atom stereocenters. The zero-order chi connectivity index (χ0) is 16.7. The summed E-state index contributed by atoms with van der Waals surface area (Å²) in [7, 11) is 0. The molecule has 0 spiro atoms. The molecule has 2 atom stereocenters. The normalized spacial score (nSPS) is 18.9. The van der Waals surface area contributed by atoms with Gasteiger partial charge in [-0.25, -0.2) is 4.98 Å². The van der Waals surface area contributed by atoms with Gasteiger partial charge in [-0.1, -0.05) is 18.2 Å². The zero-order valence-electron chi connectivity index (χ0n) is 14.8. The van der Waals surface area contributed by atoms with Crippen LogP contribution in [0.15, 0.2) is 30.6 Å². The maximum Gasteiger partial charge on any atom is 0.321 e. The van der Waals surface area contributed by atoms with Crippen molar-refractivity contribution in [2.45, 2.75) is 37.8 Å². The number of hydrogen-bond acceptors (Lipinski definition) is 4. The monoisotopic (exact) mass is 434 g/mol. The van der Waals surface area contributed by atoms with E-state index >= 15 is 0 Å². The number of hydrogen-bond donors (Lipinski definition) is 2. The molecule has 6 nitrogen and oxygen atoms in total. The number of halogens is 3. The Labute approximate surface area is 177 Å². The summed E-state index contributed by atoms with van der Waals surface area (Å²) < 4.78 is 2.11. The molecule has 3 heterocycles. The first-order valence-corrected chi connectivity index (χ1v) is 8.49. The third-order valence-corrected chi connectivity index (χ3v) is 5.20. The van der Waals surface area contributed by atoms with Crippen molar-refractivity contribution in [1.82, 2.24) is 14.5 Å². The molecule has 3 N–H and O–H groups in total. The van der Waals surface area contributed by atoms with Crippen molar-refractivity contribution >= 4 is 43.2 Å². The lowest BCUT2D eigenvalue weighted by atomic mass is 9.99. The van der Waals surface area contributed by atoms with Crippen LogP contribution in [0.1, 0.15) is 23.4 Å². The molecule has 150 valence electrons. The van der Waals surface area contributed by atoms with Gasteiger partial charge in [0, 0.05) is 36.9 Å². The fourth-order valence-corrected chi connectivity index (χ4v) is 3.92. The Balaban J connectivity index is 0.00000121. The largest absolute Gasteiger partial charge is 0.480 e. The van der Waals surface area contributed by atoms with Gasteiger partial charge in [0.15, 0.2) is 0 Å². The maximum absolute atomic E-state index is 11.8. The van der Waals surface area contributed by atoms with Crippen molar-refractivity contribution in [1.29, 1.82) is 0 Å². The van der Waals surface area contributed by atoms with Crippen molar-refractivity contribution < 1.29 is 9.90 Å². The van der Waals surface area contributed by atoms with Gasteiger partial charge in [-0.3, -0.25) is 9.69 Å². The molecule has 27 heavy (non-hydrogen) atoms. The smallest absolute Gasteiger partial charge is 0.321 e. The van der Waals surface area contributed by atoms with Crippen LogP contribution in [0.2, 0.25) is 0 Å². The van der Waals surface area contributed by atoms with Crippen LogP contribution < -0.4 is 5.73 Å². The predicted octanol–water partition coefficient (Wildman–Crippen LogP) is 2.27. The summed E-state index contributed by atoms with van der Waals surface area (Å²) in [4.78, 5) is 18.3. The summed E-state index contributed by atoms with van der Waals surface area (Å²) in [6.45, 7) is 1.40. The van der Waals surface area contributed by atoms with Crippen LogP contribution in [0.5, 0.6) is 0 Å². The number of aromatic nitrogens is 2. The molecule has 2 aliphatic rings. The quantitative estimate of drug-likeness (QED) is 0.769. The van der Waals surface area contributed by atoms with E-state index in [0.29, 0.717) is 13.0 Å². The summed E-state index contributed by atoms with van der Waals surface area (Å²) in [6.07, 6.45) is 5.00. The number of para-hydroxylation sites is 1. The summed E-state index contributed by atoms with van der Waals surface area (Å²) in [5.74, 6) is -0.790. The van der Waals surface area contributed by atoms with E-state index < -0.39 is 12.0 Å². The average molecular weight is 436 g/mol. The van der Waals surface area contributed by atoms with Crippen LogP contribution in [0, 0.1) is 0 Å². The van der Waals surface area contributed by atoms with Crippen LogP contribution in [0.25, 0.3) is 5.69 Å². The lowest BCUT2D eigenvalue weighted by molar-refractivity contribution is -0.142. The molecule has 0 radical (unpaired) electrons. The molecule has 4 rings (SSSR count). The van der Waals surface area contributed by atoms with Gasteiger partial charge in [-0.15, -0.1) is 37.2 Å². The number of nitrogens with zero attached hydrogens (tertiary/aromatic N) is 3. The number of likely N-dealkylation sites (tertiary alicyclic amines) is 1. The number of fused-ring (bicyclic) bond motifs is 3. The van der Waals surface area contributed by atoms with Crippen LogP contribution >= 0.6 is 37.2 Å². The van der Waals surface area contributed by atoms with E-state index in [0.717, 1.165) is 42.9 Å². The zero-order valence-corrected chi connectivity index (χ0v) is 17.2. The first-order chi connectivity index (χ1) is 11.6. The molecule has 1 aromatic carbocycles. The van der Waals surface area contributed by atoms with Crippen molar-refractivity contribution in [2.24, 2.45) is 5.73 Å². The summed E-state index contributed by atoms with van der Waals surface area (Å²) in [5.41, 5.74) is 10.5. The molecular formula is C18H25Cl3N4O2. The van der Waals surface area contributed by atoms with Crippen molar-refractivity contribution in [3.63, 3.8) is 0 Å². The molecular weight excluding hydrogens is 411 g/mol. The lowest BCUT2D eigenvalue weighted by Crippen LogP contribution is -2.42. The summed E-state index contributed by atoms with van der Waals surface area (Å²) in [5, 5.41) is 9.66. The number of nitrogens with two attached hydrogens (primary N) is 1. The number of carbonyl (C=O) groups is 1. The van der Waals surface area contributed by atoms with Gasteiger partial charge in [0.25, 0.3) is 0 Å². The maximum atomic E-state index is 11.8. The average Bonchev–Trinajstić information content (AvgIpc) is 3.18.